The van der Waals surface area contributed by atoms with Crippen molar-refractivity contribution in [3.63, 3.8) is 0 Å². The number of carbonyl (C=O) groups is 1. The van der Waals surface area contributed by atoms with Gasteiger partial charge in [-0.3, -0.25) is 18.6 Å². The van der Waals surface area contributed by atoms with Crippen molar-refractivity contribution >= 4 is 23.2 Å². The van der Waals surface area contributed by atoms with Crippen molar-refractivity contribution in [2.75, 3.05) is 12.9 Å². The summed E-state index contributed by atoms with van der Waals surface area (Å²) in [5, 5.41) is 8.65. The molecule has 0 saturated carbocycles. The Labute approximate surface area is 177 Å². The van der Waals surface area contributed by atoms with Gasteiger partial charge in [-0.2, -0.15) is 0 Å². The summed E-state index contributed by atoms with van der Waals surface area (Å²) < 4.78 is 8.33. The zero-order valence-electron chi connectivity index (χ0n) is 16.8. The first-order chi connectivity index (χ1) is 14.5. The van der Waals surface area contributed by atoms with Crippen LogP contribution in [0.1, 0.15) is 21.5 Å². The molecule has 0 atom stereocenters. The number of ether oxygens (including phenoxy) is 1. The maximum Gasteiger partial charge on any atom is 0.300 e. The first-order valence-corrected chi connectivity index (χ1v) is 10.3. The van der Waals surface area contributed by atoms with Crippen LogP contribution in [0, 0.1) is 13.8 Å². The zero-order valence-corrected chi connectivity index (χ0v) is 17.6. The fraction of sp³-hybridized carbons (Fsp3) is 0.182. The van der Waals surface area contributed by atoms with E-state index in [0.717, 1.165) is 16.8 Å². The van der Waals surface area contributed by atoms with Crippen molar-refractivity contribution < 1.29 is 9.53 Å². The van der Waals surface area contributed by atoms with E-state index < -0.39 is 0 Å². The number of benzene rings is 2. The van der Waals surface area contributed by atoms with E-state index in [1.54, 1.807) is 52.7 Å². The third kappa shape index (κ3) is 3.73. The predicted octanol–water partition coefficient (Wildman–Crippen LogP) is 3.48. The predicted molar refractivity (Wildman–Crippen MR) is 116 cm³/mol. The quantitative estimate of drug-likeness (QED) is 0.351. The lowest BCUT2D eigenvalue weighted by Crippen LogP contribution is -2.20. The first-order valence-electron chi connectivity index (χ1n) is 9.32. The van der Waals surface area contributed by atoms with Crippen molar-refractivity contribution in [3.8, 4) is 11.4 Å². The van der Waals surface area contributed by atoms with Crippen molar-refractivity contribution in [1.29, 1.82) is 0 Å². The first kappa shape index (κ1) is 19.9. The molecule has 2 heterocycles. The Bertz CT molecular complexity index is 1310. The van der Waals surface area contributed by atoms with Crippen molar-refractivity contribution in [1.82, 2.24) is 19.2 Å². The molecule has 152 valence electrons. The molecule has 0 fully saturated rings. The van der Waals surface area contributed by atoms with Gasteiger partial charge in [-0.15, -0.1) is 10.2 Å². The third-order valence-electron chi connectivity index (χ3n) is 4.93. The summed E-state index contributed by atoms with van der Waals surface area (Å²) in [4.78, 5) is 25.4. The lowest BCUT2D eigenvalue weighted by molar-refractivity contribution is 0.102. The minimum atomic E-state index is -0.265. The Kier molecular flexibility index (Phi) is 5.41. The molecule has 0 bridgehead atoms. The molecule has 30 heavy (non-hydrogen) atoms. The summed E-state index contributed by atoms with van der Waals surface area (Å²) in [6, 6.07) is 12.9. The van der Waals surface area contributed by atoms with Crippen LogP contribution in [0.25, 0.3) is 11.3 Å². The van der Waals surface area contributed by atoms with Crippen LogP contribution in [0.3, 0.4) is 0 Å². The average Bonchev–Trinajstić information content (AvgIpc) is 3.18. The summed E-state index contributed by atoms with van der Waals surface area (Å²) >= 11 is 1.24. The molecule has 7 nitrogen and oxygen atoms in total. The Balaban J connectivity index is 1.59. The summed E-state index contributed by atoms with van der Waals surface area (Å²) in [7, 11) is 1.56. The van der Waals surface area contributed by atoms with Crippen LogP contribution in [-0.2, 0) is 0 Å². The number of hydrogen-bond donors (Lipinski definition) is 0. The van der Waals surface area contributed by atoms with Crippen LogP contribution >= 0.6 is 11.8 Å². The van der Waals surface area contributed by atoms with E-state index in [9.17, 15) is 9.59 Å². The molecule has 4 rings (SSSR count). The minimum absolute atomic E-state index is 0.0564. The molecule has 0 radical (unpaired) electrons. The molecule has 0 amide bonds. The van der Waals surface area contributed by atoms with Gasteiger partial charge >= 0.3 is 5.56 Å². The average molecular weight is 420 g/mol. The van der Waals surface area contributed by atoms with Gasteiger partial charge in [0.2, 0.25) is 5.65 Å². The number of methoxy groups -OCH3 is 1. The highest BCUT2D eigenvalue weighted by molar-refractivity contribution is 7.99. The van der Waals surface area contributed by atoms with Gasteiger partial charge in [0.1, 0.15) is 5.75 Å². The number of nitrogens with zero attached hydrogens (tertiary/aromatic N) is 4. The van der Waals surface area contributed by atoms with Crippen LogP contribution in [0.15, 0.2) is 64.8 Å². The standard InChI is InChI=1S/C22H20N4O3S/c1-14-7-8-17(11-15(14)2)25-9-10-26-20(21(25)28)23-24-22(26)30-13-19(27)16-5-4-6-18(12-16)29-3/h4-12H,13H2,1-3H3. The normalized spacial score (nSPS) is 11.0. The van der Waals surface area contributed by atoms with Gasteiger partial charge in [0.15, 0.2) is 10.9 Å². The fourth-order valence-corrected chi connectivity index (χ4v) is 3.86. The number of ketones is 1. The number of Topliss-reactive ketones (excluding diaryl/α,β-unsaturated/α-hetero) is 1. The maximum atomic E-state index is 12.9. The van der Waals surface area contributed by atoms with Gasteiger partial charge in [-0.25, -0.2) is 0 Å². The molecule has 0 unspecified atom stereocenters. The molecule has 0 aliphatic carbocycles. The third-order valence-corrected chi connectivity index (χ3v) is 5.88. The highest BCUT2D eigenvalue weighted by atomic mass is 32.2. The zero-order chi connectivity index (χ0) is 21.3. The number of thioether (sulfide) groups is 1. The SMILES string of the molecule is COc1cccc(C(=O)CSc2nnc3c(=O)n(-c4ccc(C)c(C)c4)ccn23)c1. The van der Waals surface area contributed by atoms with Crippen LogP contribution in [0.2, 0.25) is 0 Å². The number of aromatic nitrogens is 4. The molecular formula is C22H20N4O3S. The van der Waals surface area contributed by atoms with Crippen LogP contribution in [-0.4, -0.2) is 37.8 Å². The second-order valence-electron chi connectivity index (χ2n) is 6.86. The van der Waals surface area contributed by atoms with E-state index in [1.807, 2.05) is 32.0 Å². The number of fused-ring (bicyclic) bond motifs is 1. The smallest absolute Gasteiger partial charge is 0.300 e. The van der Waals surface area contributed by atoms with Crippen LogP contribution in [0.4, 0.5) is 0 Å². The van der Waals surface area contributed by atoms with Crippen LogP contribution < -0.4 is 10.3 Å². The molecule has 0 saturated heterocycles. The summed E-state index contributed by atoms with van der Waals surface area (Å²) in [5.41, 5.74) is 3.55. The molecule has 0 aliphatic rings. The number of aryl methyl sites for hydroxylation is 2. The number of carbonyl (C=O) groups excluding carboxylic acids is 1. The van der Waals surface area contributed by atoms with Gasteiger partial charge in [-0.1, -0.05) is 30.0 Å². The second kappa shape index (κ2) is 8.16. The monoisotopic (exact) mass is 420 g/mol. The summed E-state index contributed by atoms with van der Waals surface area (Å²) in [6.45, 7) is 4.04. The van der Waals surface area contributed by atoms with Crippen molar-refractivity contribution in [2.45, 2.75) is 19.0 Å². The molecule has 8 heteroatoms. The lowest BCUT2D eigenvalue weighted by atomic mass is 10.1. The van der Waals surface area contributed by atoms with Gasteiger partial charge in [0, 0.05) is 23.6 Å². The molecule has 0 aliphatic heterocycles. The molecule has 2 aromatic carbocycles. The van der Waals surface area contributed by atoms with Gasteiger partial charge in [-0.05, 0) is 49.2 Å². The van der Waals surface area contributed by atoms with E-state index in [1.165, 1.54) is 11.8 Å². The number of rotatable bonds is 6. The Morgan fingerprint density at radius 2 is 1.90 bits per heavy atom. The molecule has 0 N–H and O–H groups in total. The lowest BCUT2D eigenvalue weighted by Gasteiger charge is -2.08. The minimum Gasteiger partial charge on any atom is -0.497 e. The van der Waals surface area contributed by atoms with Crippen molar-refractivity contribution in [3.05, 3.63) is 81.9 Å². The highest BCUT2D eigenvalue weighted by Crippen LogP contribution is 2.20. The second-order valence-corrected chi connectivity index (χ2v) is 7.80. The van der Waals surface area contributed by atoms with Gasteiger partial charge in [0.05, 0.1) is 12.9 Å². The van der Waals surface area contributed by atoms with E-state index in [2.05, 4.69) is 10.2 Å². The maximum absolute atomic E-state index is 12.9. The summed E-state index contributed by atoms with van der Waals surface area (Å²) in [6.07, 6.45) is 3.43. The van der Waals surface area contributed by atoms with E-state index in [4.69, 9.17) is 4.74 Å². The van der Waals surface area contributed by atoms with Crippen LogP contribution in [0.5, 0.6) is 5.75 Å². The van der Waals surface area contributed by atoms with Crippen molar-refractivity contribution in [2.24, 2.45) is 0 Å². The van der Waals surface area contributed by atoms with E-state index >= 15 is 0 Å². The van der Waals surface area contributed by atoms with Gasteiger partial charge in [0.25, 0.3) is 0 Å². The molecule has 0 spiro atoms. The Morgan fingerprint density at radius 3 is 2.67 bits per heavy atom. The molecule has 4 aromatic rings. The Hall–Kier alpha value is -3.39. The fourth-order valence-electron chi connectivity index (χ4n) is 3.05. The largest absolute Gasteiger partial charge is 0.497 e. The number of hydrogen-bond acceptors (Lipinski definition) is 6. The Morgan fingerprint density at radius 1 is 1.07 bits per heavy atom. The van der Waals surface area contributed by atoms with Gasteiger partial charge < -0.3 is 4.74 Å². The summed E-state index contributed by atoms with van der Waals surface area (Å²) in [5.74, 6) is 0.749. The molecule has 2 aromatic heterocycles. The van der Waals surface area contributed by atoms with E-state index in [0.29, 0.717) is 16.5 Å². The topological polar surface area (TPSA) is 78.5 Å². The van der Waals surface area contributed by atoms with E-state index in [-0.39, 0.29) is 22.7 Å². The molecular weight excluding hydrogens is 400 g/mol. The highest BCUT2D eigenvalue weighted by Gasteiger charge is 2.15.